The van der Waals surface area contributed by atoms with Crippen LogP contribution in [-0.4, -0.2) is 50.8 Å². The van der Waals surface area contributed by atoms with Gasteiger partial charge in [-0.05, 0) is 44.1 Å². The number of aliphatic imine (C=N–C) groups is 1. The molecule has 2 rings (SSSR count). The maximum atomic E-state index is 5.44. The third-order valence-electron chi connectivity index (χ3n) is 4.41. The first-order valence-electron chi connectivity index (χ1n) is 8.90. The number of nitrogens with one attached hydrogen (secondary N) is 1. The number of ether oxygens (including phenoxy) is 1. The first-order valence-corrected chi connectivity index (χ1v) is 8.90. The van der Waals surface area contributed by atoms with Crippen molar-refractivity contribution in [3.8, 4) is 0 Å². The van der Waals surface area contributed by atoms with E-state index in [2.05, 4.69) is 54.5 Å². The summed E-state index contributed by atoms with van der Waals surface area (Å²) in [5, 5.41) is 3.41. The van der Waals surface area contributed by atoms with Gasteiger partial charge < -0.3 is 15.0 Å². The largest absolute Gasteiger partial charge is 0.381 e. The fourth-order valence-corrected chi connectivity index (χ4v) is 2.92. The normalized spacial score (nSPS) is 16.3. The smallest absolute Gasteiger partial charge is 0.193 e. The van der Waals surface area contributed by atoms with Crippen molar-refractivity contribution in [3.63, 3.8) is 0 Å². The minimum Gasteiger partial charge on any atom is -0.381 e. The lowest BCUT2D eigenvalue weighted by molar-refractivity contribution is 0.0625. The Hall–Kier alpha value is -1.55. The third-order valence-corrected chi connectivity index (χ3v) is 4.41. The van der Waals surface area contributed by atoms with E-state index in [1.165, 1.54) is 24.8 Å². The van der Waals surface area contributed by atoms with Crippen LogP contribution in [0.1, 0.15) is 31.7 Å². The van der Waals surface area contributed by atoms with Crippen molar-refractivity contribution in [3.05, 3.63) is 35.9 Å². The second-order valence-electron chi connectivity index (χ2n) is 6.24. The molecule has 0 radical (unpaired) electrons. The molecular weight excluding hydrogens is 286 g/mol. The molecule has 1 fully saturated rings. The Morgan fingerprint density at radius 2 is 2.00 bits per heavy atom. The summed E-state index contributed by atoms with van der Waals surface area (Å²) in [6.45, 7) is 6.78. The number of nitrogens with zero attached hydrogens (tertiary/aromatic N) is 2. The summed E-state index contributed by atoms with van der Waals surface area (Å²) in [5.74, 6) is 1.83. The highest BCUT2D eigenvalue weighted by Gasteiger charge is 2.15. The molecule has 128 valence electrons. The Labute approximate surface area is 140 Å². The van der Waals surface area contributed by atoms with E-state index in [1.54, 1.807) is 0 Å². The second kappa shape index (κ2) is 10.3. The van der Waals surface area contributed by atoms with Crippen LogP contribution in [0.2, 0.25) is 0 Å². The van der Waals surface area contributed by atoms with Crippen LogP contribution in [0.15, 0.2) is 35.3 Å². The molecule has 0 aliphatic carbocycles. The van der Waals surface area contributed by atoms with E-state index in [4.69, 9.17) is 9.73 Å². The maximum absolute atomic E-state index is 5.44. The SMILES string of the molecule is CCNC(=NCCc1ccccc1)N(C)CCC1CCOCC1. The van der Waals surface area contributed by atoms with Gasteiger partial charge in [-0.25, -0.2) is 0 Å². The van der Waals surface area contributed by atoms with Crippen molar-refractivity contribution < 1.29 is 4.74 Å². The Kier molecular flexibility index (Phi) is 7.95. The highest BCUT2D eigenvalue weighted by atomic mass is 16.5. The van der Waals surface area contributed by atoms with E-state index in [0.717, 1.165) is 51.1 Å². The van der Waals surface area contributed by atoms with Gasteiger partial charge in [0.05, 0.1) is 0 Å². The van der Waals surface area contributed by atoms with Crippen molar-refractivity contribution in [2.45, 2.75) is 32.6 Å². The van der Waals surface area contributed by atoms with Gasteiger partial charge in [0.2, 0.25) is 0 Å². The first-order chi connectivity index (χ1) is 11.3. The van der Waals surface area contributed by atoms with Crippen LogP contribution in [0, 0.1) is 5.92 Å². The molecule has 1 N–H and O–H groups in total. The van der Waals surface area contributed by atoms with Gasteiger partial charge in [0.25, 0.3) is 0 Å². The molecule has 4 nitrogen and oxygen atoms in total. The van der Waals surface area contributed by atoms with Crippen LogP contribution in [0.25, 0.3) is 0 Å². The minimum atomic E-state index is 0.804. The molecule has 1 heterocycles. The average molecular weight is 317 g/mol. The fourth-order valence-electron chi connectivity index (χ4n) is 2.92. The molecule has 1 saturated heterocycles. The fraction of sp³-hybridized carbons (Fsp3) is 0.632. The Morgan fingerprint density at radius 3 is 2.70 bits per heavy atom. The molecule has 0 aromatic heterocycles. The van der Waals surface area contributed by atoms with Crippen LogP contribution in [-0.2, 0) is 11.2 Å². The topological polar surface area (TPSA) is 36.9 Å². The van der Waals surface area contributed by atoms with Gasteiger partial charge in [-0.15, -0.1) is 0 Å². The van der Waals surface area contributed by atoms with Crippen molar-refractivity contribution in [2.75, 3.05) is 39.9 Å². The highest BCUT2D eigenvalue weighted by molar-refractivity contribution is 5.79. The summed E-state index contributed by atoms with van der Waals surface area (Å²) in [6.07, 6.45) is 4.62. The number of hydrogen-bond acceptors (Lipinski definition) is 2. The molecule has 4 heteroatoms. The number of hydrogen-bond donors (Lipinski definition) is 1. The Bertz CT molecular complexity index is 455. The molecule has 0 amide bonds. The molecule has 0 bridgehead atoms. The highest BCUT2D eigenvalue weighted by Crippen LogP contribution is 2.18. The summed E-state index contributed by atoms with van der Waals surface area (Å²) >= 11 is 0. The number of benzene rings is 1. The standard InChI is InChI=1S/C19H31N3O/c1-3-20-19(21-13-9-17-7-5-4-6-8-17)22(2)14-10-18-11-15-23-16-12-18/h4-8,18H,3,9-16H2,1-2H3,(H,20,21). The van der Waals surface area contributed by atoms with Crippen molar-refractivity contribution >= 4 is 5.96 Å². The van der Waals surface area contributed by atoms with Gasteiger partial charge in [-0.2, -0.15) is 0 Å². The van der Waals surface area contributed by atoms with Crippen LogP contribution >= 0.6 is 0 Å². The molecule has 1 aromatic carbocycles. The second-order valence-corrected chi connectivity index (χ2v) is 6.24. The molecule has 1 aromatic rings. The van der Waals surface area contributed by atoms with Gasteiger partial charge in [0.1, 0.15) is 0 Å². The van der Waals surface area contributed by atoms with Crippen LogP contribution in [0.3, 0.4) is 0 Å². The molecular formula is C19H31N3O. The zero-order valence-corrected chi connectivity index (χ0v) is 14.6. The van der Waals surface area contributed by atoms with Crippen LogP contribution in [0.4, 0.5) is 0 Å². The van der Waals surface area contributed by atoms with Gasteiger partial charge in [-0.1, -0.05) is 30.3 Å². The predicted molar refractivity (Wildman–Crippen MR) is 96.9 cm³/mol. The van der Waals surface area contributed by atoms with E-state index < -0.39 is 0 Å². The lowest BCUT2D eigenvalue weighted by Crippen LogP contribution is -2.40. The molecule has 23 heavy (non-hydrogen) atoms. The van der Waals surface area contributed by atoms with Crippen molar-refractivity contribution in [1.82, 2.24) is 10.2 Å². The maximum Gasteiger partial charge on any atom is 0.193 e. The average Bonchev–Trinajstić information content (AvgIpc) is 2.61. The Balaban J connectivity index is 1.79. The molecule has 1 aliphatic rings. The Morgan fingerprint density at radius 1 is 1.26 bits per heavy atom. The molecule has 0 atom stereocenters. The number of guanidine groups is 1. The molecule has 0 saturated carbocycles. The first kappa shape index (κ1) is 17.8. The summed E-state index contributed by atoms with van der Waals surface area (Å²) in [7, 11) is 2.14. The van der Waals surface area contributed by atoms with Gasteiger partial charge >= 0.3 is 0 Å². The van der Waals surface area contributed by atoms with Gasteiger partial charge in [-0.3, -0.25) is 4.99 Å². The quantitative estimate of drug-likeness (QED) is 0.620. The van der Waals surface area contributed by atoms with E-state index in [1.807, 2.05) is 0 Å². The molecule has 0 spiro atoms. The van der Waals surface area contributed by atoms with Crippen LogP contribution in [0.5, 0.6) is 0 Å². The van der Waals surface area contributed by atoms with Crippen LogP contribution < -0.4 is 5.32 Å². The van der Waals surface area contributed by atoms with Crippen molar-refractivity contribution in [1.29, 1.82) is 0 Å². The summed E-state index contributed by atoms with van der Waals surface area (Å²) in [6, 6.07) is 10.6. The minimum absolute atomic E-state index is 0.804. The van der Waals surface area contributed by atoms with E-state index >= 15 is 0 Å². The molecule has 1 aliphatic heterocycles. The predicted octanol–water partition coefficient (Wildman–Crippen LogP) is 2.94. The lowest BCUT2D eigenvalue weighted by Gasteiger charge is -2.26. The van der Waals surface area contributed by atoms with E-state index in [9.17, 15) is 0 Å². The van der Waals surface area contributed by atoms with E-state index in [-0.39, 0.29) is 0 Å². The lowest BCUT2D eigenvalue weighted by atomic mass is 9.96. The van der Waals surface area contributed by atoms with E-state index in [0.29, 0.717) is 0 Å². The van der Waals surface area contributed by atoms with Gasteiger partial charge in [0.15, 0.2) is 5.96 Å². The third kappa shape index (κ3) is 6.61. The number of rotatable bonds is 7. The zero-order chi connectivity index (χ0) is 16.3. The summed E-state index contributed by atoms with van der Waals surface area (Å²) in [4.78, 5) is 7.05. The molecule has 0 unspecified atom stereocenters. The summed E-state index contributed by atoms with van der Waals surface area (Å²) < 4.78 is 5.44. The van der Waals surface area contributed by atoms with Crippen molar-refractivity contribution in [2.24, 2.45) is 10.9 Å². The zero-order valence-electron chi connectivity index (χ0n) is 14.6. The monoisotopic (exact) mass is 317 g/mol. The van der Waals surface area contributed by atoms with Gasteiger partial charge in [0, 0.05) is 39.9 Å². The summed E-state index contributed by atoms with van der Waals surface area (Å²) in [5.41, 5.74) is 1.34.